The van der Waals surface area contributed by atoms with E-state index in [0.29, 0.717) is 19.6 Å². The van der Waals surface area contributed by atoms with Crippen LogP contribution in [0.25, 0.3) is 0 Å². The first kappa shape index (κ1) is 16.7. The highest BCUT2D eigenvalue weighted by molar-refractivity contribution is 5.75. The second-order valence-corrected chi connectivity index (χ2v) is 6.69. The highest BCUT2D eigenvalue weighted by Crippen LogP contribution is 2.22. The van der Waals surface area contributed by atoms with Crippen LogP contribution in [0.4, 0.5) is 0 Å². The molecule has 3 heteroatoms. The van der Waals surface area contributed by atoms with Gasteiger partial charge in [-0.1, -0.05) is 30.3 Å². The number of rotatable bonds is 6. The van der Waals surface area contributed by atoms with E-state index < -0.39 is 11.0 Å². The van der Waals surface area contributed by atoms with Crippen molar-refractivity contribution in [2.75, 3.05) is 6.61 Å². The second-order valence-electron chi connectivity index (χ2n) is 6.69. The summed E-state index contributed by atoms with van der Waals surface area (Å²) in [4.78, 5) is 11.9. The maximum absolute atomic E-state index is 11.9. The van der Waals surface area contributed by atoms with E-state index in [0.717, 1.165) is 5.56 Å². The Bertz CT molecular complexity index is 416. The normalized spacial score (nSPS) is 12.2. The Kier molecular flexibility index (Phi) is 5.75. The Morgan fingerprint density at radius 3 is 2.20 bits per heavy atom. The van der Waals surface area contributed by atoms with Crippen LogP contribution >= 0.6 is 0 Å². The molecule has 0 amide bonds. The smallest absolute Gasteiger partial charge is 0.311 e. The summed E-state index contributed by atoms with van der Waals surface area (Å²) in [5.74, 6) is -0.175. The van der Waals surface area contributed by atoms with Crippen molar-refractivity contribution in [1.29, 1.82) is 0 Å². The van der Waals surface area contributed by atoms with Gasteiger partial charge >= 0.3 is 5.97 Å². The summed E-state index contributed by atoms with van der Waals surface area (Å²) in [6.45, 7) is 10.6. The van der Waals surface area contributed by atoms with E-state index in [4.69, 9.17) is 9.47 Å². The Balaban J connectivity index is 2.31. The predicted octanol–water partition coefficient (Wildman–Crippen LogP) is 3.96. The first-order valence-electron chi connectivity index (χ1n) is 7.06. The number of benzene rings is 1. The standard InChI is InChI=1S/C17H26O3/c1-16(2,3)15(18)20-17(4,5)11-12-19-13-14-9-7-6-8-10-14/h6-10H,11-13H2,1-5H3. The van der Waals surface area contributed by atoms with Crippen LogP contribution in [0.5, 0.6) is 0 Å². The zero-order valence-electron chi connectivity index (χ0n) is 13.2. The van der Waals surface area contributed by atoms with Crippen LogP contribution in [0, 0.1) is 5.41 Å². The maximum atomic E-state index is 11.9. The van der Waals surface area contributed by atoms with Crippen molar-refractivity contribution in [2.24, 2.45) is 5.41 Å². The van der Waals surface area contributed by atoms with Gasteiger partial charge in [0.2, 0.25) is 0 Å². The maximum Gasteiger partial charge on any atom is 0.311 e. The SMILES string of the molecule is CC(C)(CCOCc1ccccc1)OC(=O)C(C)(C)C. The topological polar surface area (TPSA) is 35.5 Å². The quantitative estimate of drug-likeness (QED) is 0.583. The number of esters is 1. The Hall–Kier alpha value is -1.35. The molecule has 3 nitrogen and oxygen atoms in total. The summed E-state index contributed by atoms with van der Waals surface area (Å²) in [7, 11) is 0. The minimum atomic E-state index is -0.499. The van der Waals surface area contributed by atoms with Gasteiger partial charge in [0.25, 0.3) is 0 Å². The van der Waals surface area contributed by atoms with Crippen LogP contribution in [0.1, 0.15) is 46.6 Å². The van der Waals surface area contributed by atoms with Gasteiger partial charge in [-0.25, -0.2) is 0 Å². The van der Waals surface area contributed by atoms with Crippen molar-refractivity contribution in [3.05, 3.63) is 35.9 Å². The highest BCUT2D eigenvalue weighted by atomic mass is 16.6. The van der Waals surface area contributed by atoms with E-state index in [-0.39, 0.29) is 5.97 Å². The first-order chi connectivity index (χ1) is 9.21. The zero-order chi connectivity index (χ0) is 15.2. The Morgan fingerprint density at radius 2 is 1.65 bits per heavy atom. The van der Waals surface area contributed by atoms with Gasteiger partial charge in [0.15, 0.2) is 0 Å². The van der Waals surface area contributed by atoms with Crippen LogP contribution in [0.15, 0.2) is 30.3 Å². The summed E-state index contributed by atoms with van der Waals surface area (Å²) < 4.78 is 11.2. The van der Waals surface area contributed by atoms with Gasteiger partial charge < -0.3 is 9.47 Å². The lowest BCUT2D eigenvalue weighted by molar-refractivity contribution is -0.167. The molecule has 0 saturated carbocycles. The fourth-order valence-electron chi connectivity index (χ4n) is 1.54. The number of hydrogen-bond donors (Lipinski definition) is 0. The van der Waals surface area contributed by atoms with E-state index in [1.807, 2.05) is 65.0 Å². The number of ether oxygens (including phenoxy) is 2. The second kappa shape index (κ2) is 6.89. The highest BCUT2D eigenvalue weighted by Gasteiger charge is 2.30. The fraction of sp³-hybridized carbons (Fsp3) is 0.588. The molecular formula is C17H26O3. The zero-order valence-corrected chi connectivity index (χ0v) is 13.2. The van der Waals surface area contributed by atoms with Crippen LogP contribution in [-0.4, -0.2) is 18.2 Å². The van der Waals surface area contributed by atoms with Gasteiger partial charge in [-0.2, -0.15) is 0 Å². The molecule has 112 valence electrons. The van der Waals surface area contributed by atoms with E-state index in [1.165, 1.54) is 0 Å². The molecule has 0 aliphatic carbocycles. The molecular weight excluding hydrogens is 252 g/mol. The summed E-state index contributed by atoms with van der Waals surface area (Å²) in [6, 6.07) is 10.0. The number of hydrogen-bond acceptors (Lipinski definition) is 3. The van der Waals surface area contributed by atoms with Gasteiger partial charge in [0, 0.05) is 6.42 Å². The van der Waals surface area contributed by atoms with Gasteiger partial charge in [0.05, 0.1) is 18.6 Å². The van der Waals surface area contributed by atoms with Crippen LogP contribution < -0.4 is 0 Å². The third kappa shape index (κ3) is 6.20. The van der Waals surface area contributed by atoms with Gasteiger partial charge in [0.1, 0.15) is 5.60 Å². The van der Waals surface area contributed by atoms with Crippen LogP contribution in [0.2, 0.25) is 0 Å². The molecule has 0 atom stereocenters. The minimum absolute atomic E-state index is 0.175. The van der Waals surface area contributed by atoms with Crippen molar-refractivity contribution in [3.8, 4) is 0 Å². The summed E-state index contributed by atoms with van der Waals surface area (Å²) >= 11 is 0. The molecule has 1 aromatic carbocycles. The molecule has 0 fully saturated rings. The van der Waals surface area contributed by atoms with Crippen LogP contribution in [0.3, 0.4) is 0 Å². The molecule has 0 unspecified atom stereocenters. The van der Waals surface area contributed by atoms with E-state index in [9.17, 15) is 4.79 Å². The third-order valence-electron chi connectivity index (χ3n) is 2.94. The Morgan fingerprint density at radius 1 is 1.05 bits per heavy atom. The first-order valence-corrected chi connectivity index (χ1v) is 7.06. The van der Waals surface area contributed by atoms with Gasteiger partial charge in [-0.15, -0.1) is 0 Å². The molecule has 0 aromatic heterocycles. The average molecular weight is 278 g/mol. The average Bonchev–Trinajstić information content (AvgIpc) is 2.34. The molecule has 1 rings (SSSR count). The van der Waals surface area contributed by atoms with Gasteiger partial charge in [-0.05, 0) is 40.2 Å². The van der Waals surface area contributed by atoms with Crippen molar-refractivity contribution < 1.29 is 14.3 Å². The predicted molar refractivity (Wildman–Crippen MR) is 80.3 cm³/mol. The minimum Gasteiger partial charge on any atom is -0.459 e. The molecule has 0 spiro atoms. The number of carbonyl (C=O) groups excluding carboxylic acids is 1. The summed E-state index contributed by atoms with van der Waals surface area (Å²) in [5.41, 5.74) is 0.181. The molecule has 0 heterocycles. The molecule has 0 radical (unpaired) electrons. The third-order valence-corrected chi connectivity index (χ3v) is 2.94. The lowest BCUT2D eigenvalue weighted by atomic mass is 9.96. The van der Waals surface area contributed by atoms with Crippen LogP contribution in [-0.2, 0) is 20.9 Å². The molecule has 0 saturated heterocycles. The monoisotopic (exact) mass is 278 g/mol. The Labute approximate surface area is 122 Å². The van der Waals surface area contributed by atoms with Crippen molar-refractivity contribution in [2.45, 2.75) is 53.2 Å². The van der Waals surface area contributed by atoms with E-state index in [1.54, 1.807) is 0 Å². The molecule has 0 aliphatic heterocycles. The van der Waals surface area contributed by atoms with Crippen molar-refractivity contribution in [1.82, 2.24) is 0 Å². The fourth-order valence-corrected chi connectivity index (χ4v) is 1.54. The largest absolute Gasteiger partial charge is 0.459 e. The van der Waals surface area contributed by atoms with E-state index >= 15 is 0 Å². The number of carbonyl (C=O) groups is 1. The summed E-state index contributed by atoms with van der Waals surface area (Å²) in [5, 5.41) is 0. The lowest BCUT2D eigenvalue weighted by Gasteiger charge is -2.29. The summed E-state index contributed by atoms with van der Waals surface area (Å²) in [6.07, 6.45) is 0.682. The molecule has 0 aliphatic rings. The molecule has 0 bridgehead atoms. The molecule has 1 aromatic rings. The van der Waals surface area contributed by atoms with Gasteiger partial charge in [-0.3, -0.25) is 4.79 Å². The van der Waals surface area contributed by atoms with Crippen molar-refractivity contribution >= 4 is 5.97 Å². The van der Waals surface area contributed by atoms with Crippen molar-refractivity contribution in [3.63, 3.8) is 0 Å². The van der Waals surface area contributed by atoms with E-state index in [2.05, 4.69) is 0 Å². The molecule has 0 N–H and O–H groups in total. The molecule has 20 heavy (non-hydrogen) atoms. The lowest BCUT2D eigenvalue weighted by Crippen LogP contribution is -2.35.